The van der Waals surface area contributed by atoms with Crippen molar-refractivity contribution >= 4 is 10.0 Å². The zero-order chi connectivity index (χ0) is 18.7. The number of sulfonamides is 1. The highest BCUT2D eigenvalue weighted by atomic mass is 32.2. The molecule has 0 spiro atoms. The average Bonchev–Trinajstić information content (AvgIpc) is 3.13. The Balaban J connectivity index is 1.86. The van der Waals surface area contributed by atoms with E-state index in [-0.39, 0.29) is 17.6 Å². The van der Waals surface area contributed by atoms with Crippen molar-refractivity contribution in [1.29, 1.82) is 0 Å². The van der Waals surface area contributed by atoms with Gasteiger partial charge in [-0.2, -0.15) is 4.31 Å². The van der Waals surface area contributed by atoms with Gasteiger partial charge in [-0.25, -0.2) is 12.8 Å². The van der Waals surface area contributed by atoms with Crippen molar-refractivity contribution in [3.8, 4) is 11.5 Å². The highest BCUT2D eigenvalue weighted by Crippen LogP contribution is 2.38. The van der Waals surface area contributed by atoms with Crippen molar-refractivity contribution in [3.05, 3.63) is 59.4 Å². The number of nitrogens with zero attached hydrogens (tertiary/aromatic N) is 1. The van der Waals surface area contributed by atoms with Gasteiger partial charge < -0.3 is 9.47 Å². The lowest BCUT2D eigenvalue weighted by Gasteiger charge is -2.25. The van der Waals surface area contributed by atoms with Crippen LogP contribution in [0, 0.1) is 5.82 Å². The van der Waals surface area contributed by atoms with Crippen LogP contribution in [0.1, 0.15) is 30.0 Å². The first-order valence-electron chi connectivity index (χ1n) is 8.40. The molecule has 7 heteroatoms. The smallest absolute Gasteiger partial charge is 0.218 e. The van der Waals surface area contributed by atoms with Gasteiger partial charge in [0, 0.05) is 12.6 Å². The monoisotopic (exact) mass is 379 g/mol. The van der Waals surface area contributed by atoms with Crippen LogP contribution in [-0.2, 0) is 15.8 Å². The van der Waals surface area contributed by atoms with E-state index >= 15 is 0 Å². The van der Waals surface area contributed by atoms with E-state index in [1.165, 1.54) is 28.6 Å². The lowest BCUT2D eigenvalue weighted by molar-refractivity contribution is 0.351. The van der Waals surface area contributed by atoms with Crippen molar-refractivity contribution < 1.29 is 22.3 Å². The van der Waals surface area contributed by atoms with Crippen molar-refractivity contribution in [2.75, 3.05) is 20.8 Å². The van der Waals surface area contributed by atoms with Crippen molar-refractivity contribution in [3.63, 3.8) is 0 Å². The van der Waals surface area contributed by atoms with Crippen LogP contribution in [-0.4, -0.2) is 33.5 Å². The molecule has 5 nitrogen and oxygen atoms in total. The number of ether oxygens (including phenoxy) is 2. The van der Waals surface area contributed by atoms with Crippen LogP contribution >= 0.6 is 0 Å². The Morgan fingerprint density at radius 2 is 1.77 bits per heavy atom. The SMILES string of the molecule is COc1ccc([C@@H]2CCCN2S(=O)(=O)Cc2ccc(F)cc2)cc1OC. The molecule has 0 aromatic heterocycles. The lowest BCUT2D eigenvalue weighted by Crippen LogP contribution is -2.31. The van der Waals surface area contributed by atoms with Crippen molar-refractivity contribution in [2.45, 2.75) is 24.6 Å². The van der Waals surface area contributed by atoms with Gasteiger partial charge in [0.15, 0.2) is 11.5 Å². The molecule has 2 aromatic rings. The summed E-state index contributed by atoms with van der Waals surface area (Å²) in [6, 6.07) is 10.8. The molecule has 1 fully saturated rings. The number of hydrogen-bond donors (Lipinski definition) is 0. The van der Waals surface area contributed by atoms with Gasteiger partial charge in [0.25, 0.3) is 0 Å². The van der Waals surface area contributed by atoms with E-state index in [9.17, 15) is 12.8 Å². The minimum absolute atomic E-state index is 0.142. The van der Waals surface area contributed by atoms with Gasteiger partial charge in [0.2, 0.25) is 10.0 Å². The van der Waals surface area contributed by atoms with Crippen LogP contribution < -0.4 is 9.47 Å². The van der Waals surface area contributed by atoms with Gasteiger partial charge in [-0.3, -0.25) is 0 Å². The van der Waals surface area contributed by atoms with Gasteiger partial charge in [0.05, 0.1) is 20.0 Å². The van der Waals surface area contributed by atoms with Crippen molar-refractivity contribution in [1.82, 2.24) is 4.31 Å². The predicted molar refractivity (Wildman–Crippen MR) is 97.3 cm³/mol. The molecule has 1 heterocycles. The normalized spacial score (nSPS) is 18.0. The molecule has 0 saturated carbocycles. The minimum atomic E-state index is -3.52. The molecule has 0 radical (unpaired) electrons. The fourth-order valence-corrected chi connectivity index (χ4v) is 5.14. The Morgan fingerprint density at radius 1 is 1.08 bits per heavy atom. The number of rotatable bonds is 6. The molecule has 3 rings (SSSR count). The first kappa shape index (κ1) is 18.7. The maximum atomic E-state index is 13.1. The molecule has 0 bridgehead atoms. The van der Waals surface area contributed by atoms with Gasteiger partial charge in [-0.15, -0.1) is 0 Å². The second kappa shape index (κ2) is 7.63. The Hall–Kier alpha value is -2.12. The summed E-state index contributed by atoms with van der Waals surface area (Å²) in [6.45, 7) is 0.475. The fourth-order valence-electron chi connectivity index (χ4n) is 3.34. The quantitative estimate of drug-likeness (QED) is 0.771. The number of methoxy groups -OCH3 is 2. The zero-order valence-corrected chi connectivity index (χ0v) is 15.6. The molecule has 0 aliphatic carbocycles. The predicted octanol–water partition coefficient (Wildman–Crippen LogP) is 3.51. The van der Waals surface area contributed by atoms with E-state index < -0.39 is 10.0 Å². The molecular formula is C19H22FNO4S. The van der Waals surface area contributed by atoms with Crippen molar-refractivity contribution in [2.24, 2.45) is 0 Å². The third-order valence-electron chi connectivity index (χ3n) is 4.62. The molecule has 1 aliphatic heterocycles. The molecule has 1 saturated heterocycles. The van der Waals surface area contributed by atoms with Crippen LogP contribution in [0.25, 0.3) is 0 Å². The summed E-state index contributed by atoms with van der Waals surface area (Å²) in [7, 11) is -0.403. The standard InChI is InChI=1S/C19H22FNO4S/c1-24-18-10-7-15(12-19(18)25-2)17-4-3-11-21(17)26(22,23)13-14-5-8-16(20)9-6-14/h5-10,12,17H,3-4,11,13H2,1-2H3/t17-/m0/s1. The summed E-state index contributed by atoms with van der Waals surface area (Å²) in [6.07, 6.45) is 1.54. The van der Waals surface area contributed by atoms with E-state index in [1.807, 2.05) is 12.1 Å². The Morgan fingerprint density at radius 3 is 2.42 bits per heavy atom. The minimum Gasteiger partial charge on any atom is -0.493 e. The second-order valence-electron chi connectivity index (χ2n) is 6.27. The third-order valence-corrected chi connectivity index (χ3v) is 6.47. The largest absolute Gasteiger partial charge is 0.493 e. The highest BCUT2D eigenvalue weighted by Gasteiger charge is 2.35. The first-order chi connectivity index (χ1) is 12.4. The van der Waals surface area contributed by atoms with Gasteiger partial charge in [-0.05, 0) is 48.2 Å². The topological polar surface area (TPSA) is 55.8 Å². The van der Waals surface area contributed by atoms with E-state index in [0.29, 0.717) is 23.6 Å². The summed E-state index contributed by atoms with van der Waals surface area (Å²) in [4.78, 5) is 0. The highest BCUT2D eigenvalue weighted by molar-refractivity contribution is 7.88. The van der Waals surface area contributed by atoms with Gasteiger partial charge in [0.1, 0.15) is 5.82 Å². The molecule has 0 unspecified atom stereocenters. The van der Waals surface area contributed by atoms with E-state index in [0.717, 1.165) is 18.4 Å². The lowest BCUT2D eigenvalue weighted by atomic mass is 10.0. The second-order valence-corrected chi connectivity index (χ2v) is 8.19. The fraction of sp³-hybridized carbons (Fsp3) is 0.368. The van der Waals surface area contributed by atoms with E-state index in [2.05, 4.69) is 0 Å². The number of halogens is 1. The summed E-state index contributed by atoms with van der Waals surface area (Å²) in [5, 5.41) is 0. The molecule has 2 aromatic carbocycles. The Bertz CT molecular complexity index is 868. The Kier molecular flexibility index (Phi) is 5.48. The third kappa shape index (κ3) is 3.83. The molecule has 1 aliphatic rings. The first-order valence-corrected chi connectivity index (χ1v) is 10.0. The number of benzene rings is 2. The van der Waals surface area contributed by atoms with E-state index in [4.69, 9.17) is 9.47 Å². The van der Waals surface area contributed by atoms with Gasteiger partial charge in [-0.1, -0.05) is 18.2 Å². The molecule has 26 heavy (non-hydrogen) atoms. The average molecular weight is 379 g/mol. The molecule has 0 N–H and O–H groups in total. The molecule has 1 atom stereocenters. The summed E-state index contributed by atoms with van der Waals surface area (Å²) in [5.74, 6) is 0.662. The molecular weight excluding hydrogens is 357 g/mol. The summed E-state index contributed by atoms with van der Waals surface area (Å²) >= 11 is 0. The van der Waals surface area contributed by atoms with Crippen LogP contribution in [0.5, 0.6) is 11.5 Å². The summed E-state index contributed by atoms with van der Waals surface area (Å²) < 4.78 is 51.0. The molecule has 140 valence electrons. The molecule has 0 amide bonds. The zero-order valence-electron chi connectivity index (χ0n) is 14.8. The van der Waals surface area contributed by atoms with Crippen LogP contribution in [0.4, 0.5) is 4.39 Å². The van der Waals surface area contributed by atoms with Gasteiger partial charge >= 0.3 is 0 Å². The van der Waals surface area contributed by atoms with Crippen LogP contribution in [0.3, 0.4) is 0 Å². The Labute approximate surface area is 153 Å². The maximum Gasteiger partial charge on any atom is 0.218 e. The number of hydrogen-bond acceptors (Lipinski definition) is 4. The summed E-state index contributed by atoms with van der Waals surface area (Å²) in [5.41, 5.74) is 1.45. The maximum absolute atomic E-state index is 13.1. The van der Waals surface area contributed by atoms with Crippen LogP contribution in [0.15, 0.2) is 42.5 Å². The van der Waals surface area contributed by atoms with Crippen LogP contribution in [0.2, 0.25) is 0 Å². The van der Waals surface area contributed by atoms with E-state index in [1.54, 1.807) is 20.3 Å².